The van der Waals surface area contributed by atoms with Crippen molar-refractivity contribution >= 4 is 17.7 Å². The first-order valence-electron chi connectivity index (χ1n) is 7.47. The van der Waals surface area contributed by atoms with E-state index >= 15 is 0 Å². The molecule has 7 heteroatoms. The van der Waals surface area contributed by atoms with Gasteiger partial charge in [-0.3, -0.25) is 14.9 Å². The molecular formula is C16H19FN2O4. The molecule has 1 aromatic carbocycles. The lowest BCUT2D eigenvalue weighted by Crippen LogP contribution is -2.39. The number of hydrogen-bond acceptors (Lipinski definition) is 4. The van der Waals surface area contributed by atoms with E-state index in [0.717, 1.165) is 25.0 Å². The molecule has 1 N–H and O–H groups in total. The number of carbonyl (C=O) groups excluding carboxylic acids is 1. The smallest absolute Gasteiger partial charge is 0.279 e. The zero-order valence-electron chi connectivity index (χ0n) is 12.8. The lowest BCUT2D eigenvalue weighted by atomic mass is 9.92. The van der Waals surface area contributed by atoms with Gasteiger partial charge in [0.15, 0.2) is 0 Å². The van der Waals surface area contributed by atoms with Gasteiger partial charge in [0, 0.05) is 19.2 Å². The van der Waals surface area contributed by atoms with Crippen molar-refractivity contribution < 1.29 is 19.2 Å². The number of amides is 1. The van der Waals surface area contributed by atoms with Gasteiger partial charge in [0.2, 0.25) is 5.91 Å². The SMILES string of the molecule is CC(O)C1CCN(C(=O)C=Cc2ccc(F)cc2[N+](=O)[O-])CC1. The van der Waals surface area contributed by atoms with Gasteiger partial charge in [-0.1, -0.05) is 0 Å². The monoisotopic (exact) mass is 322 g/mol. The van der Waals surface area contributed by atoms with Gasteiger partial charge in [-0.25, -0.2) is 4.39 Å². The third-order valence-electron chi connectivity index (χ3n) is 4.13. The second-order valence-corrected chi connectivity index (χ2v) is 5.70. The van der Waals surface area contributed by atoms with Crippen LogP contribution in [0.2, 0.25) is 0 Å². The molecular weight excluding hydrogens is 303 g/mol. The summed E-state index contributed by atoms with van der Waals surface area (Å²) in [5, 5.41) is 20.5. The van der Waals surface area contributed by atoms with Crippen molar-refractivity contribution in [1.29, 1.82) is 0 Å². The molecule has 23 heavy (non-hydrogen) atoms. The number of nitrogens with zero attached hydrogens (tertiary/aromatic N) is 2. The second-order valence-electron chi connectivity index (χ2n) is 5.70. The Morgan fingerprint density at radius 1 is 1.48 bits per heavy atom. The van der Waals surface area contributed by atoms with Crippen molar-refractivity contribution in [2.75, 3.05) is 13.1 Å². The van der Waals surface area contributed by atoms with E-state index in [1.54, 1.807) is 11.8 Å². The number of benzene rings is 1. The number of nitro benzene ring substituents is 1. The molecule has 2 rings (SSSR count). The van der Waals surface area contributed by atoms with Crippen molar-refractivity contribution in [3.8, 4) is 0 Å². The van der Waals surface area contributed by atoms with Gasteiger partial charge >= 0.3 is 0 Å². The van der Waals surface area contributed by atoms with Gasteiger partial charge in [0.05, 0.1) is 22.7 Å². The minimum absolute atomic E-state index is 0.184. The highest BCUT2D eigenvalue weighted by Crippen LogP contribution is 2.23. The van der Waals surface area contributed by atoms with Crippen LogP contribution < -0.4 is 0 Å². The van der Waals surface area contributed by atoms with Crippen molar-refractivity contribution in [2.45, 2.75) is 25.9 Å². The molecule has 0 radical (unpaired) electrons. The van der Waals surface area contributed by atoms with E-state index < -0.39 is 10.7 Å². The molecule has 0 bridgehead atoms. The number of carbonyl (C=O) groups is 1. The van der Waals surface area contributed by atoms with Crippen LogP contribution in [0.3, 0.4) is 0 Å². The van der Waals surface area contributed by atoms with Gasteiger partial charge in [-0.05, 0) is 43.9 Å². The number of halogens is 1. The van der Waals surface area contributed by atoms with E-state index in [2.05, 4.69) is 0 Å². The molecule has 1 saturated heterocycles. The molecule has 0 aliphatic carbocycles. The van der Waals surface area contributed by atoms with Crippen LogP contribution in [0.15, 0.2) is 24.3 Å². The molecule has 1 heterocycles. The number of hydrogen-bond donors (Lipinski definition) is 1. The molecule has 6 nitrogen and oxygen atoms in total. The highest BCUT2D eigenvalue weighted by molar-refractivity contribution is 5.92. The Morgan fingerprint density at radius 2 is 2.13 bits per heavy atom. The summed E-state index contributed by atoms with van der Waals surface area (Å²) in [5.74, 6) is -0.741. The molecule has 0 spiro atoms. The van der Waals surface area contributed by atoms with E-state index in [9.17, 15) is 24.4 Å². The van der Waals surface area contributed by atoms with Crippen LogP contribution in [-0.4, -0.2) is 40.0 Å². The summed E-state index contributed by atoms with van der Waals surface area (Å²) in [6.07, 6.45) is 3.68. The van der Waals surface area contributed by atoms with Crippen LogP contribution in [0, 0.1) is 21.8 Å². The Kier molecular flexibility index (Phi) is 5.44. The largest absolute Gasteiger partial charge is 0.393 e. The molecule has 1 unspecified atom stereocenters. The minimum Gasteiger partial charge on any atom is -0.393 e. The fourth-order valence-electron chi connectivity index (χ4n) is 2.68. The first-order valence-corrected chi connectivity index (χ1v) is 7.47. The van der Waals surface area contributed by atoms with Crippen molar-refractivity contribution in [1.82, 2.24) is 4.90 Å². The van der Waals surface area contributed by atoms with Crippen LogP contribution in [0.4, 0.5) is 10.1 Å². The topological polar surface area (TPSA) is 83.7 Å². The molecule has 1 amide bonds. The fraction of sp³-hybridized carbons (Fsp3) is 0.438. The van der Waals surface area contributed by atoms with Crippen molar-refractivity contribution in [3.05, 3.63) is 45.8 Å². The van der Waals surface area contributed by atoms with Crippen molar-refractivity contribution in [2.24, 2.45) is 5.92 Å². The van der Waals surface area contributed by atoms with Crippen LogP contribution in [-0.2, 0) is 4.79 Å². The van der Waals surface area contributed by atoms with Gasteiger partial charge in [-0.15, -0.1) is 0 Å². The van der Waals surface area contributed by atoms with Gasteiger partial charge in [0.25, 0.3) is 5.69 Å². The molecule has 1 fully saturated rings. The number of nitro groups is 1. The Balaban J connectivity index is 2.04. The molecule has 1 aliphatic heterocycles. The predicted octanol–water partition coefficient (Wildman–Crippen LogP) is 2.37. The van der Waals surface area contributed by atoms with Gasteiger partial charge in [-0.2, -0.15) is 0 Å². The second kappa shape index (κ2) is 7.32. The van der Waals surface area contributed by atoms with Crippen LogP contribution in [0.1, 0.15) is 25.3 Å². The van der Waals surface area contributed by atoms with E-state index in [-0.39, 0.29) is 29.2 Å². The maximum atomic E-state index is 13.1. The van der Waals surface area contributed by atoms with Crippen LogP contribution in [0.25, 0.3) is 6.08 Å². The van der Waals surface area contributed by atoms with Crippen molar-refractivity contribution in [3.63, 3.8) is 0 Å². The Labute approximate surface area is 133 Å². The third-order valence-corrected chi connectivity index (χ3v) is 4.13. The zero-order chi connectivity index (χ0) is 17.0. The summed E-state index contributed by atoms with van der Waals surface area (Å²) >= 11 is 0. The van der Waals surface area contributed by atoms with Crippen LogP contribution in [0.5, 0.6) is 0 Å². The Bertz CT molecular complexity index is 623. The van der Waals surface area contributed by atoms with Gasteiger partial charge < -0.3 is 10.0 Å². The quantitative estimate of drug-likeness (QED) is 0.524. The predicted molar refractivity (Wildman–Crippen MR) is 83.1 cm³/mol. The summed E-state index contributed by atoms with van der Waals surface area (Å²) < 4.78 is 13.1. The lowest BCUT2D eigenvalue weighted by molar-refractivity contribution is -0.385. The molecule has 1 aromatic rings. The summed E-state index contributed by atoms with van der Waals surface area (Å²) in [4.78, 5) is 24.0. The Hall–Kier alpha value is -2.28. The maximum absolute atomic E-state index is 13.1. The first kappa shape index (κ1) is 17.1. The summed E-state index contributed by atoms with van der Waals surface area (Å²) in [6, 6.07) is 3.22. The standard InChI is InChI=1S/C16H19FN2O4/c1-11(20)12-6-8-18(9-7-12)16(21)5-3-13-2-4-14(17)10-15(13)19(22)23/h2-5,10-12,20H,6-9H2,1H3. The van der Waals surface area contributed by atoms with Crippen LogP contribution >= 0.6 is 0 Å². The average molecular weight is 322 g/mol. The fourth-order valence-corrected chi connectivity index (χ4v) is 2.68. The Morgan fingerprint density at radius 3 is 2.70 bits per heavy atom. The molecule has 0 aromatic heterocycles. The number of piperidine rings is 1. The van der Waals surface area contributed by atoms with E-state index in [0.29, 0.717) is 13.1 Å². The molecule has 1 atom stereocenters. The molecule has 0 saturated carbocycles. The van der Waals surface area contributed by atoms with E-state index in [4.69, 9.17) is 0 Å². The summed E-state index contributed by atoms with van der Waals surface area (Å²) in [5.41, 5.74) is -0.189. The summed E-state index contributed by atoms with van der Waals surface area (Å²) in [7, 11) is 0. The number of rotatable bonds is 4. The number of likely N-dealkylation sites (tertiary alicyclic amines) is 1. The average Bonchev–Trinajstić information content (AvgIpc) is 2.53. The lowest BCUT2D eigenvalue weighted by Gasteiger charge is -2.32. The highest BCUT2D eigenvalue weighted by atomic mass is 19.1. The van der Waals surface area contributed by atoms with E-state index in [1.165, 1.54) is 18.2 Å². The first-order chi connectivity index (χ1) is 10.9. The van der Waals surface area contributed by atoms with E-state index in [1.807, 2.05) is 0 Å². The zero-order valence-corrected chi connectivity index (χ0v) is 12.8. The highest BCUT2D eigenvalue weighted by Gasteiger charge is 2.24. The minimum atomic E-state index is -0.694. The number of aliphatic hydroxyl groups is 1. The third kappa shape index (κ3) is 4.35. The summed E-state index contributed by atoms with van der Waals surface area (Å²) in [6.45, 7) is 2.84. The molecule has 124 valence electrons. The normalized spacial score (nSPS) is 17.4. The number of aliphatic hydroxyl groups excluding tert-OH is 1. The van der Waals surface area contributed by atoms with Gasteiger partial charge in [0.1, 0.15) is 5.82 Å². The maximum Gasteiger partial charge on any atom is 0.279 e. The molecule has 1 aliphatic rings.